The number of carbonyl (C=O) groups is 1. The van der Waals surface area contributed by atoms with Gasteiger partial charge in [0.2, 0.25) is 0 Å². The molecule has 0 N–H and O–H groups in total. The molecule has 1 fully saturated rings. The van der Waals surface area contributed by atoms with E-state index in [1.165, 1.54) is 6.08 Å². The third-order valence-electron chi connectivity index (χ3n) is 2.82. The van der Waals surface area contributed by atoms with Crippen LogP contribution < -0.4 is 0 Å². The van der Waals surface area contributed by atoms with Gasteiger partial charge in [0.25, 0.3) is 0 Å². The van der Waals surface area contributed by atoms with E-state index >= 15 is 0 Å². The molecule has 3 nitrogen and oxygen atoms in total. The minimum atomic E-state index is -0.116. The number of hydrogen-bond donors (Lipinski definition) is 0. The van der Waals surface area contributed by atoms with Crippen molar-refractivity contribution < 1.29 is 14.3 Å². The number of ether oxygens (including phenoxy) is 2. The summed E-state index contributed by atoms with van der Waals surface area (Å²) in [4.78, 5) is 11.3. The molecule has 0 bridgehead atoms. The van der Waals surface area contributed by atoms with Crippen molar-refractivity contribution in [3.8, 4) is 0 Å². The highest BCUT2D eigenvalue weighted by atomic mass is 16.7. The largest absolute Gasteiger partial charge is 0.350 e. The standard InChI is InChI=1S/C12H20O3/c1-4-11(13)7-10(9(2)3)8-12-14-5-6-15-12/h4,9-10,12H,1,5-8H2,2-3H3/t10-/m1/s1. The Labute approximate surface area is 91.4 Å². The van der Waals surface area contributed by atoms with Gasteiger partial charge < -0.3 is 9.47 Å². The molecule has 1 aliphatic heterocycles. The van der Waals surface area contributed by atoms with E-state index < -0.39 is 0 Å². The normalized spacial score (nSPS) is 19.4. The number of carbonyl (C=O) groups excluding carboxylic acids is 1. The molecular weight excluding hydrogens is 192 g/mol. The van der Waals surface area contributed by atoms with Gasteiger partial charge in [-0.05, 0) is 17.9 Å². The van der Waals surface area contributed by atoms with Crippen LogP contribution in [-0.2, 0) is 14.3 Å². The lowest BCUT2D eigenvalue weighted by Gasteiger charge is -2.22. The Kier molecular flexibility index (Phi) is 4.99. The molecule has 15 heavy (non-hydrogen) atoms. The van der Waals surface area contributed by atoms with Crippen molar-refractivity contribution in [1.82, 2.24) is 0 Å². The van der Waals surface area contributed by atoms with E-state index in [0.29, 0.717) is 31.5 Å². The summed E-state index contributed by atoms with van der Waals surface area (Å²) < 4.78 is 10.8. The fourth-order valence-corrected chi connectivity index (χ4v) is 1.72. The maximum Gasteiger partial charge on any atom is 0.158 e. The van der Waals surface area contributed by atoms with Crippen molar-refractivity contribution >= 4 is 5.78 Å². The fraction of sp³-hybridized carbons (Fsp3) is 0.750. The summed E-state index contributed by atoms with van der Waals surface area (Å²) in [5, 5.41) is 0. The zero-order valence-corrected chi connectivity index (χ0v) is 9.57. The first kappa shape index (κ1) is 12.4. The smallest absolute Gasteiger partial charge is 0.158 e. The maximum absolute atomic E-state index is 11.3. The van der Waals surface area contributed by atoms with Crippen molar-refractivity contribution in [3.63, 3.8) is 0 Å². The molecule has 1 heterocycles. The molecule has 1 atom stereocenters. The van der Waals surface area contributed by atoms with Crippen molar-refractivity contribution in [2.75, 3.05) is 13.2 Å². The minimum Gasteiger partial charge on any atom is -0.350 e. The third-order valence-corrected chi connectivity index (χ3v) is 2.82. The first-order chi connectivity index (χ1) is 7.13. The molecule has 0 aromatic rings. The van der Waals surface area contributed by atoms with Crippen LogP contribution in [0.3, 0.4) is 0 Å². The van der Waals surface area contributed by atoms with Crippen molar-refractivity contribution in [2.24, 2.45) is 11.8 Å². The van der Waals surface area contributed by atoms with Crippen LogP contribution in [0.2, 0.25) is 0 Å². The summed E-state index contributed by atoms with van der Waals surface area (Å²) in [6, 6.07) is 0. The van der Waals surface area contributed by atoms with Gasteiger partial charge in [-0.1, -0.05) is 20.4 Å². The van der Waals surface area contributed by atoms with Crippen LogP contribution in [0, 0.1) is 11.8 Å². The van der Waals surface area contributed by atoms with Gasteiger partial charge in [0.1, 0.15) is 0 Å². The van der Waals surface area contributed by atoms with E-state index in [-0.39, 0.29) is 12.1 Å². The van der Waals surface area contributed by atoms with Gasteiger partial charge in [0.15, 0.2) is 12.1 Å². The van der Waals surface area contributed by atoms with Crippen LogP contribution in [0.5, 0.6) is 0 Å². The molecule has 1 aliphatic rings. The van der Waals surface area contributed by atoms with E-state index in [0.717, 1.165) is 6.42 Å². The van der Waals surface area contributed by atoms with Gasteiger partial charge in [-0.15, -0.1) is 0 Å². The van der Waals surface area contributed by atoms with Crippen LogP contribution in [0.25, 0.3) is 0 Å². The highest BCUT2D eigenvalue weighted by Gasteiger charge is 2.24. The Hall–Kier alpha value is -0.670. The SMILES string of the molecule is C=CC(=O)C[C@H](CC1OCCO1)C(C)C. The van der Waals surface area contributed by atoms with Gasteiger partial charge in [0.05, 0.1) is 13.2 Å². The van der Waals surface area contributed by atoms with Gasteiger partial charge in [-0.2, -0.15) is 0 Å². The van der Waals surface area contributed by atoms with Gasteiger partial charge >= 0.3 is 0 Å². The summed E-state index contributed by atoms with van der Waals surface area (Å²) in [7, 11) is 0. The lowest BCUT2D eigenvalue weighted by Crippen LogP contribution is -2.20. The summed E-state index contributed by atoms with van der Waals surface area (Å²) in [6.45, 7) is 9.08. The van der Waals surface area contributed by atoms with E-state index in [1.807, 2.05) is 0 Å². The third kappa shape index (κ3) is 4.14. The second-order valence-electron chi connectivity index (χ2n) is 4.29. The Balaban J connectivity index is 2.42. The predicted molar refractivity (Wildman–Crippen MR) is 58.5 cm³/mol. The molecule has 0 radical (unpaired) electrons. The Bertz CT molecular complexity index is 217. The molecule has 0 aromatic heterocycles. The summed E-state index contributed by atoms with van der Waals surface area (Å²) in [6.07, 6.45) is 2.63. The zero-order valence-electron chi connectivity index (χ0n) is 9.57. The molecule has 0 unspecified atom stereocenters. The van der Waals surface area contributed by atoms with Crippen molar-refractivity contribution in [3.05, 3.63) is 12.7 Å². The second-order valence-corrected chi connectivity index (χ2v) is 4.29. The summed E-state index contributed by atoms with van der Waals surface area (Å²) in [5.41, 5.74) is 0. The van der Waals surface area contributed by atoms with E-state index in [2.05, 4.69) is 20.4 Å². The van der Waals surface area contributed by atoms with Crippen LogP contribution in [0.15, 0.2) is 12.7 Å². The van der Waals surface area contributed by atoms with Crippen LogP contribution in [0.4, 0.5) is 0 Å². The first-order valence-electron chi connectivity index (χ1n) is 5.52. The second kappa shape index (κ2) is 6.03. The number of ketones is 1. The summed E-state index contributed by atoms with van der Waals surface area (Å²) in [5.74, 6) is 0.881. The van der Waals surface area contributed by atoms with E-state index in [1.54, 1.807) is 0 Å². The summed E-state index contributed by atoms with van der Waals surface area (Å²) >= 11 is 0. The molecule has 0 aliphatic carbocycles. The molecular formula is C12H20O3. The van der Waals surface area contributed by atoms with Gasteiger partial charge in [0, 0.05) is 12.8 Å². The minimum absolute atomic E-state index is 0.103. The lowest BCUT2D eigenvalue weighted by atomic mass is 9.87. The Morgan fingerprint density at radius 2 is 2.07 bits per heavy atom. The monoisotopic (exact) mass is 212 g/mol. The molecule has 0 aromatic carbocycles. The average Bonchev–Trinajstić information content (AvgIpc) is 2.69. The Morgan fingerprint density at radius 1 is 1.47 bits per heavy atom. The highest BCUT2D eigenvalue weighted by Crippen LogP contribution is 2.24. The molecule has 3 heteroatoms. The topological polar surface area (TPSA) is 35.5 Å². The molecule has 1 saturated heterocycles. The molecule has 0 amide bonds. The van der Waals surface area contributed by atoms with Crippen molar-refractivity contribution in [1.29, 1.82) is 0 Å². The average molecular weight is 212 g/mol. The molecule has 0 saturated carbocycles. The van der Waals surface area contributed by atoms with Gasteiger partial charge in [-0.25, -0.2) is 0 Å². The van der Waals surface area contributed by atoms with Crippen LogP contribution >= 0.6 is 0 Å². The quantitative estimate of drug-likeness (QED) is 0.633. The van der Waals surface area contributed by atoms with Crippen LogP contribution in [0.1, 0.15) is 26.7 Å². The molecule has 0 spiro atoms. The molecule has 1 rings (SSSR count). The van der Waals surface area contributed by atoms with Crippen LogP contribution in [-0.4, -0.2) is 25.3 Å². The van der Waals surface area contributed by atoms with Crippen molar-refractivity contribution in [2.45, 2.75) is 33.0 Å². The lowest BCUT2D eigenvalue weighted by molar-refractivity contribution is -0.117. The highest BCUT2D eigenvalue weighted by molar-refractivity contribution is 5.89. The zero-order chi connectivity index (χ0) is 11.3. The fourth-order valence-electron chi connectivity index (χ4n) is 1.72. The number of allylic oxidation sites excluding steroid dienone is 1. The van der Waals surface area contributed by atoms with Gasteiger partial charge in [-0.3, -0.25) is 4.79 Å². The predicted octanol–water partition coefficient (Wildman–Crippen LogP) is 2.17. The number of rotatable bonds is 6. The molecule has 86 valence electrons. The first-order valence-corrected chi connectivity index (χ1v) is 5.52. The van der Waals surface area contributed by atoms with E-state index in [9.17, 15) is 4.79 Å². The van der Waals surface area contributed by atoms with E-state index in [4.69, 9.17) is 9.47 Å². The maximum atomic E-state index is 11.3. The number of hydrogen-bond acceptors (Lipinski definition) is 3. The Morgan fingerprint density at radius 3 is 2.53 bits per heavy atom.